The van der Waals surface area contributed by atoms with Crippen LogP contribution in [0.2, 0.25) is 65.5 Å². The van der Waals surface area contributed by atoms with Gasteiger partial charge in [0.1, 0.15) is 0 Å². The van der Waals surface area contributed by atoms with Crippen LogP contribution < -0.4 is 5.19 Å². The van der Waals surface area contributed by atoms with Gasteiger partial charge in [0.25, 0.3) is 0 Å². The van der Waals surface area contributed by atoms with E-state index in [1.807, 2.05) is 23.9 Å². The molecule has 0 spiro atoms. The quantitative estimate of drug-likeness (QED) is 0.451. The summed E-state index contributed by atoms with van der Waals surface area (Å²) >= 11 is 0. The highest BCUT2D eigenvalue weighted by molar-refractivity contribution is 6.96. The molecule has 0 radical (unpaired) electrons. The fourth-order valence-electron chi connectivity index (χ4n) is 3.21. The lowest BCUT2D eigenvalue weighted by Crippen LogP contribution is -2.65. The van der Waals surface area contributed by atoms with Gasteiger partial charge in [-0.25, -0.2) is 0 Å². The second-order valence-electron chi connectivity index (χ2n) is 9.56. The van der Waals surface area contributed by atoms with Gasteiger partial charge in [-0.2, -0.15) is 0 Å². The predicted octanol–water partition coefficient (Wildman–Crippen LogP) is 5.20. The van der Waals surface area contributed by atoms with Crippen molar-refractivity contribution >= 4 is 47.5 Å². The lowest BCUT2D eigenvalue weighted by Gasteiger charge is -2.43. The Labute approximate surface area is 171 Å². The SMILES string of the molecule is C=C[Si](C)(O[Si](C)(C)C)O[Si](C)(O[Si](C)(C)O[Si](C)(C)C)c1ccccc1. The van der Waals surface area contributed by atoms with Crippen molar-refractivity contribution in [3.8, 4) is 0 Å². The van der Waals surface area contributed by atoms with Gasteiger partial charge in [0.2, 0.25) is 0 Å². The molecule has 2 atom stereocenters. The third kappa shape index (κ3) is 8.83. The highest BCUT2D eigenvalue weighted by atomic mass is 28.5. The zero-order chi connectivity index (χ0) is 21.1. The average molecular weight is 459 g/mol. The molecule has 1 rings (SSSR count). The van der Waals surface area contributed by atoms with E-state index in [1.165, 1.54) is 0 Å². The molecule has 0 amide bonds. The summed E-state index contributed by atoms with van der Waals surface area (Å²) in [7, 11) is -11.3. The summed E-state index contributed by atoms with van der Waals surface area (Å²) in [4.78, 5) is 0. The molecular weight excluding hydrogens is 421 g/mol. The molecule has 27 heavy (non-hydrogen) atoms. The molecule has 0 fully saturated rings. The molecule has 154 valence electrons. The maximum absolute atomic E-state index is 6.81. The van der Waals surface area contributed by atoms with E-state index in [1.54, 1.807) is 0 Å². The van der Waals surface area contributed by atoms with E-state index in [2.05, 4.69) is 84.2 Å². The third-order valence-electron chi connectivity index (χ3n) is 3.57. The first-order valence-electron chi connectivity index (χ1n) is 9.49. The number of hydrogen-bond acceptors (Lipinski definition) is 4. The van der Waals surface area contributed by atoms with Gasteiger partial charge in [0.15, 0.2) is 16.6 Å². The highest BCUT2D eigenvalue weighted by Crippen LogP contribution is 2.26. The zero-order valence-corrected chi connectivity index (χ0v) is 23.8. The Hall–Kier alpha value is -0.116. The molecule has 1 aromatic carbocycles. The molecule has 4 nitrogen and oxygen atoms in total. The van der Waals surface area contributed by atoms with Crippen LogP contribution in [-0.2, 0) is 16.5 Å². The van der Waals surface area contributed by atoms with Crippen molar-refractivity contribution in [3.05, 3.63) is 42.6 Å². The Morgan fingerprint density at radius 1 is 0.667 bits per heavy atom. The summed E-state index contributed by atoms with van der Waals surface area (Å²) in [5.41, 5.74) is 1.89. The molecular formula is C18H38O4Si5. The van der Waals surface area contributed by atoms with Crippen LogP contribution in [0.15, 0.2) is 42.6 Å². The van der Waals surface area contributed by atoms with E-state index in [0.29, 0.717) is 0 Å². The molecule has 0 saturated carbocycles. The molecule has 0 saturated heterocycles. The van der Waals surface area contributed by atoms with Crippen molar-refractivity contribution in [1.82, 2.24) is 0 Å². The van der Waals surface area contributed by atoms with E-state index in [4.69, 9.17) is 16.5 Å². The fourth-order valence-corrected chi connectivity index (χ4v) is 24.8. The molecule has 2 unspecified atom stereocenters. The molecule has 0 aromatic heterocycles. The minimum Gasteiger partial charge on any atom is -0.437 e. The molecule has 0 bridgehead atoms. The molecule has 9 heteroatoms. The van der Waals surface area contributed by atoms with Crippen molar-refractivity contribution in [2.24, 2.45) is 0 Å². The maximum atomic E-state index is 6.81. The monoisotopic (exact) mass is 458 g/mol. The van der Waals surface area contributed by atoms with E-state index in [0.717, 1.165) is 5.19 Å². The number of hydrogen-bond donors (Lipinski definition) is 0. The minimum atomic E-state index is -2.77. The summed E-state index contributed by atoms with van der Waals surface area (Å²) in [5, 5.41) is 1.10. The first-order chi connectivity index (χ1) is 12.0. The fraction of sp³-hybridized carbons (Fsp3) is 0.556. The Kier molecular flexibility index (Phi) is 8.04. The second-order valence-corrected chi connectivity index (χ2v) is 29.0. The summed E-state index contributed by atoms with van der Waals surface area (Å²) in [5.74, 6) is 0. The Balaban J connectivity index is 3.29. The lowest BCUT2D eigenvalue weighted by molar-refractivity contribution is 0.308. The Morgan fingerprint density at radius 3 is 1.56 bits per heavy atom. The van der Waals surface area contributed by atoms with Crippen molar-refractivity contribution in [1.29, 1.82) is 0 Å². The molecule has 1 aromatic rings. The zero-order valence-electron chi connectivity index (χ0n) is 18.8. The van der Waals surface area contributed by atoms with Crippen LogP contribution in [0.4, 0.5) is 0 Å². The van der Waals surface area contributed by atoms with E-state index < -0.39 is 42.3 Å². The van der Waals surface area contributed by atoms with E-state index in [9.17, 15) is 0 Å². The Morgan fingerprint density at radius 2 is 1.15 bits per heavy atom. The van der Waals surface area contributed by atoms with Gasteiger partial charge in [-0.05, 0) is 70.7 Å². The molecule has 0 N–H and O–H groups in total. The van der Waals surface area contributed by atoms with Crippen molar-refractivity contribution in [3.63, 3.8) is 0 Å². The van der Waals surface area contributed by atoms with Gasteiger partial charge >= 0.3 is 25.7 Å². The predicted molar refractivity (Wildman–Crippen MR) is 128 cm³/mol. The van der Waals surface area contributed by atoms with Gasteiger partial charge in [-0.15, -0.1) is 6.58 Å². The van der Waals surface area contributed by atoms with Crippen LogP contribution in [0.1, 0.15) is 0 Å². The van der Waals surface area contributed by atoms with Crippen LogP contribution in [0.5, 0.6) is 0 Å². The lowest BCUT2D eigenvalue weighted by atomic mass is 10.4. The second kappa shape index (κ2) is 8.72. The molecule has 0 aliphatic heterocycles. The van der Waals surface area contributed by atoms with Gasteiger partial charge in [-0.1, -0.05) is 36.0 Å². The van der Waals surface area contributed by atoms with Gasteiger partial charge in [0.05, 0.1) is 0 Å². The number of benzene rings is 1. The average Bonchev–Trinajstić information content (AvgIpc) is 2.42. The van der Waals surface area contributed by atoms with Crippen LogP contribution in [0, 0.1) is 0 Å². The first-order valence-corrected chi connectivity index (χ1v) is 23.8. The van der Waals surface area contributed by atoms with Crippen molar-refractivity contribution in [2.45, 2.75) is 65.5 Å². The first kappa shape index (κ1) is 24.9. The van der Waals surface area contributed by atoms with Crippen LogP contribution in [-0.4, -0.2) is 42.3 Å². The molecule has 0 aliphatic rings. The maximum Gasteiger partial charge on any atom is 0.351 e. The van der Waals surface area contributed by atoms with E-state index >= 15 is 0 Å². The topological polar surface area (TPSA) is 36.9 Å². The van der Waals surface area contributed by atoms with E-state index in [-0.39, 0.29) is 0 Å². The largest absolute Gasteiger partial charge is 0.437 e. The molecule has 0 aliphatic carbocycles. The van der Waals surface area contributed by atoms with Crippen molar-refractivity contribution in [2.75, 3.05) is 0 Å². The van der Waals surface area contributed by atoms with Gasteiger partial charge in [0, 0.05) is 0 Å². The summed E-state index contributed by atoms with van der Waals surface area (Å²) < 4.78 is 26.5. The van der Waals surface area contributed by atoms with Crippen molar-refractivity contribution < 1.29 is 16.5 Å². The standard InChI is InChI=1S/C18H38O4Si5/c1-12-26(10,20-24(5,6)7)22-27(11,18-16-14-13-15-17-18)21-25(8,9)19-23(2,3)4/h12-17H,1H2,2-11H3. The summed E-state index contributed by atoms with van der Waals surface area (Å²) in [6.45, 7) is 25.6. The summed E-state index contributed by atoms with van der Waals surface area (Å²) in [6.07, 6.45) is 0. The molecule has 0 heterocycles. The van der Waals surface area contributed by atoms with Crippen LogP contribution >= 0.6 is 0 Å². The Bertz CT molecular complexity index is 627. The van der Waals surface area contributed by atoms with Gasteiger partial charge in [-0.3, -0.25) is 0 Å². The third-order valence-corrected chi connectivity index (χ3v) is 20.9. The summed E-state index contributed by atoms with van der Waals surface area (Å²) in [6, 6.07) is 10.3. The highest BCUT2D eigenvalue weighted by Gasteiger charge is 2.49. The normalized spacial score (nSPS) is 17.9. The van der Waals surface area contributed by atoms with Gasteiger partial charge < -0.3 is 16.5 Å². The number of rotatable bonds is 10. The van der Waals surface area contributed by atoms with Crippen LogP contribution in [0.3, 0.4) is 0 Å². The minimum absolute atomic E-state index is 1.10. The van der Waals surface area contributed by atoms with Crippen LogP contribution in [0.25, 0.3) is 0 Å². The smallest absolute Gasteiger partial charge is 0.351 e.